The predicted molar refractivity (Wildman–Crippen MR) is 124 cm³/mol. The lowest BCUT2D eigenvalue weighted by Gasteiger charge is -2.34. The Balaban J connectivity index is 0.000000312. The van der Waals surface area contributed by atoms with Crippen molar-refractivity contribution in [2.45, 2.75) is 12.8 Å². The van der Waals surface area contributed by atoms with Gasteiger partial charge < -0.3 is 29.9 Å². The number of ether oxygens (including phenoxy) is 2. The zero-order valence-electron chi connectivity index (χ0n) is 18.0. The molecule has 2 aromatic rings. The monoisotopic (exact) mass is 460 g/mol. The molecule has 0 amide bonds. The number of nitrogens with one attached hydrogen (secondary N) is 1. The smallest absolute Gasteiger partial charge is 0.328 e. The molecular weight excluding hydrogens is 432 g/mol. The van der Waals surface area contributed by atoms with Gasteiger partial charge in [0.15, 0.2) is 0 Å². The van der Waals surface area contributed by atoms with E-state index in [1.807, 2.05) is 0 Å². The number of hydrogen-bond acceptors (Lipinski definition) is 7. The summed E-state index contributed by atoms with van der Waals surface area (Å²) in [6, 6.07) is 4.52. The Bertz CT molecular complexity index is 942. The summed E-state index contributed by atoms with van der Waals surface area (Å²) in [6.45, 7) is 5.40. The number of nitrogens with zero attached hydrogens (tertiary/aromatic N) is 1. The third-order valence-electron chi connectivity index (χ3n) is 5.27. The fraction of sp³-hybridized carbons (Fsp3) is 0.391. The molecule has 0 aliphatic carbocycles. The molecule has 2 aliphatic heterocycles. The fourth-order valence-electron chi connectivity index (χ4n) is 3.90. The van der Waals surface area contributed by atoms with Gasteiger partial charge in [0, 0.05) is 31.4 Å². The number of anilines is 1. The Kier molecular flexibility index (Phi) is 8.66. The summed E-state index contributed by atoms with van der Waals surface area (Å²) < 4.78 is 11.4. The van der Waals surface area contributed by atoms with Crippen molar-refractivity contribution in [3.05, 3.63) is 46.2 Å². The van der Waals surface area contributed by atoms with Crippen LogP contribution in [0.25, 0.3) is 11.1 Å². The van der Waals surface area contributed by atoms with Gasteiger partial charge in [-0.15, -0.1) is 0 Å². The molecule has 2 aliphatic rings. The predicted octanol–water partition coefficient (Wildman–Crippen LogP) is 2.66. The number of carbonyl (C=O) groups is 2. The van der Waals surface area contributed by atoms with E-state index in [0.29, 0.717) is 12.2 Å². The summed E-state index contributed by atoms with van der Waals surface area (Å²) in [6.07, 6.45) is 3.26. The summed E-state index contributed by atoms with van der Waals surface area (Å²) in [5.74, 6) is -1.47. The second-order valence-corrected chi connectivity index (χ2v) is 8.12. The minimum Gasteiger partial charge on any atom is -0.490 e. The quantitative estimate of drug-likeness (QED) is 0.565. The normalized spacial score (nSPS) is 15.1. The summed E-state index contributed by atoms with van der Waals surface area (Å²) in [7, 11) is 1.77. The zero-order valence-corrected chi connectivity index (χ0v) is 18.8. The van der Waals surface area contributed by atoms with E-state index in [1.54, 1.807) is 18.4 Å². The van der Waals surface area contributed by atoms with Gasteiger partial charge in [-0.25, -0.2) is 9.59 Å². The van der Waals surface area contributed by atoms with Gasteiger partial charge in [0.1, 0.15) is 12.4 Å². The molecule has 9 heteroatoms. The summed E-state index contributed by atoms with van der Waals surface area (Å²) in [5, 5.41) is 23.6. The van der Waals surface area contributed by atoms with Gasteiger partial charge in [-0.05, 0) is 65.5 Å². The lowest BCUT2D eigenvalue weighted by Crippen LogP contribution is -2.36. The number of carboxylic acids is 2. The number of fused-ring (bicyclic) bond motifs is 2. The lowest BCUT2D eigenvalue weighted by molar-refractivity contribution is -0.134. The van der Waals surface area contributed by atoms with Crippen molar-refractivity contribution in [2.24, 2.45) is 0 Å². The average molecular weight is 461 g/mol. The van der Waals surface area contributed by atoms with E-state index in [-0.39, 0.29) is 0 Å². The minimum absolute atomic E-state index is 0.558. The maximum absolute atomic E-state index is 9.55. The highest BCUT2D eigenvalue weighted by Crippen LogP contribution is 2.45. The zero-order chi connectivity index (χ0) is 22.9. The maximum atomic E-state index is 9.55. The standard InChI is InChI=1S/C19H24N2O2S.C4H4O4/c1-22-9-7-21-8-10-23-17-12-14-2-5-20-6-3-16(14)18(19(17)21)15-4-11-24-13-15;5-3(6)1-2-4(7)8/h4,11-13,20H,2-3,5-10H2,1H3;1-2H,(H,5,6)(H,7,8)/b;2-1+. The van der Waals surface area contributed by atoms with Crippen molar-refractivity contribution >= 4 is 29.0 Å². The van der Waals surface area contributed by atoms with Crippen LogP contribution >= 0.6 is 11.3 Å². The average Bonchev–Trinajstić information content (AvgIpc) is 3.20. The first-order valence-electron chi connectivity index (χ1n) is 10.4. The first kappa shape index (κ1) is 23.8. The Morgan fingerprint density at radius 2 is 2.00 bits per heavy atom. The van der Waals surface area contributed by atoms with Crippen molar-refractivity contribution in [3.8, 4) is 16.9 Å². The van der Waals surface area contributed by atoms with Gasteiger partial charge in [-0.3, -0.25) is 0 Å². The summed E-state index contributed by atoms with van der Waals surface area (Å²) in [5.41, 5.74) is 6.89. The molecule has 3 heterocycles. The molecule has 0 spiro atoms. The van der Waals surface area contributed by atoms with E-state index in [2.05, 4.69) is 33.1 Å². The van der Waals surface area contributed by atoms with Crippen LogP contribution in [0.1, 0.15) is 11.1 Å². The Labute approximate surface area is 191 Å². The molecule has 8 nitrogen and oxygen atoms in total. The summed E-state index contributed by atoms with van der Waals surface area (Å²) >= 11 is 1.76. The molecule has 1 aromatic heterocycles. The second-order valence-electron chi connectivity index (χ2n) is 7.34. The third-order valence-corrected chi connectivity index (χ3v) is 5.95. The molecule has 4 rings (SSSR count). The minimum atomic E-state index is -1.26. The van der Waals surface area contributed by atoms with Crippen molar-refractivity contribution in [1.82, 2.24) is 5.32 Å². The largest absolute Gasteiger partial charge is 0.490 e. The molecule has 32 heavy (non-hydrogen) atoms. The van der Waals surface area contributed by atoms with E-state index in [4.69, 9.17) is 19.7 Å². The Hall–Kier alpha value is -2.88. The van der Waals surface area contributed by atoms with Crippen LogP contribution in [0.2, 0.25) is 0 Å². The Morgan fingerprint density at radius 3 is 2.66 bits per heavy atom. The van der Waals surface area contributed by atoms with E-state index < -0.39 is 11.9 Å². The van der Waals surface area contributed by atoms with Crippen LogP contribution in [0.15, 0.2) is 35.0 Å². The van der Waals surface area contributed by atoms with E-state index >= 15 is 0 Å². The van der Waals surface area contributed by atoms with Gasteiger partial charge in [0.25, 0.3) is 0 Å². The van der Waals surface area contributed by atoms with E-state index in [9.17, 15) is 9.59 Å². The van der Waals surface area contributed by atoms with Crippen LogP contribution in [0, 0.1) is 0 Å². The number of thiophene rings is 1. The second kappa shape index (κ2) is 11.7. The molecule has 3 N–H and O–H groups in total. The van der Waals surface area contributed by atoms with Gasteiger partial charge >= 0.3 is 11.9 Å². The molecule has 0 radical (unpaired) electrons. The Morgan fingerprint density at radius 1 is 1.25 bits per heavy atom. The first-order valence-corrected chi connectivity index (χ1v) is 11.4. The highest BCUT2D eigenvalue weighted by atomic mass is 32.1. The molecule has 0 unspecified atom stereocenters. The third kappa shape index (κ3) is 6.09. The number of aliphatic carboxylic acids is 2. The number of methoxy groups -OCH3 is 1. The molecule has 0 fully saturated rings. The molecule has 172 valence electrons. The van der Waals surface area contributed by atoms with Crippen molar-refractivity contribution < 1.29 is 29.3 Å². The van der Waals surface area contributed by atoms with Gasteiger partial charge in [-0.2, -0.15) is 11.3 Å². The molecule has 0 saturated carbocycles. The number of benzene rings is 1. The first-order chi connectivity index (χ1) is 15.5. The van der Waals surface area contributed by atoms with Crippen molar-refractivity contribution in [3.63, 3.8) is 0 Å². The fourth-order valence-corrected chi connectivity index (χ4v) is 4.54. The molecule has 1 aromatic carbocycles. The van der Waals surface area contributed by atoms with Gasteiger partial charge in [-0.1, -0.05) is 0 Å². The van der Waals surface area contributed by atoms with Crippen LogP contribution in [0.5, 0.6) is 5.75 Å². The van der Waals surface area contributed by atoms with Crippen LogP contribution in [-0.4, -0.2) is 68.7 Å². The maximum Gasteiger partial charge on any atom is 0.328 e. The highest BCUT2D eigenvalue weighted by molar-refractivity contribution is 7.08. The highest BCUT2D eigenvalue weighted by Gasteiger charge is 2.27. The molecule has 0 atom stereocenters. The number of carboxylic acid groups (broad SMARTS) is 2. The topological polar surface area (TPSA) is 108 Å². The van der Waals surface area contributed by atoms with Crippen LogP contribution in [0.3, 0.4) is 0 Å². The van der Waals surface area contributed by atoms with Gasteiger partial charge in [0.05, 0.1) is 18.8 Å². The lowest BCUT2D eigenvalue weighted by atomic mass is 9.90. The SMILES string of the molecule is COCCN1CCOc2cc3c(c(-c4ccsc4)c21)CCNCC3.O=C(O)/C=C/C(=O)O. The van der Waals surface area contributed by atoms with Crippen molar-refractivity contribution in [1.29, 1.82) is 0 Å². The number of rotatable bonds is 6. The van der Waals surface area contributed by atoms with Crippen LogP contribution < -0.4 is 15.0 Å². The molecule has 0 bridgehead atoms. The van der Waals surface area contributed by atoms with E-state index in [1.165, 1.54) is 27.9 Å². The number of hydrogen-bond donors (Lipinski definition) is 3. The van der Waals surface area contributed by atoms with Crippen LogP contribution in [0.4, 0.5) is 5.69 Å². The molecular formula is C23H28N2O6S. The van der Waals surface area contributed by atoms with Crippen molar-refractivity contribution in [2.75, 3.05) is 51.4 Å². The van der Waals surface area contributed by atoms with E-state index in [0.717, 1.165) is 58.0 Å². The van der Waals surface area contributed by atoms with Gasteiger partial charge in [0.2, 0.25) is 0 Å². The summed E-state index contributed by atoms with van der Waals surface area (Å²) in [4.78, 5) is 21.5. The molecule has 0 saturated heterocycles. The van der Waals surface area contributed by atoms with Crippen LogP contribution in [-0.2, 0) is 27.2 Å².